The standard InChI is InChI=1S/C12H19ClN2/c1-2-3-8-15-12(13)9-11(14-15)10-6-4-5-7-10/h9-10H,2-8H2,1H3. The van der Waals surface area contributed by atoms with Crippen LogP contribution in [0.4, 0.5) is 0 Å². The first-order valence-electron chi connectivity index (χ1n) is 6.04. The van der Waals surface area contributed by atoms with E-state index in [9.17, 15) is 0 Å². The van der Waals surface area contributed by atoms with E-state index in [1.807, 2.05) is 4.68 Å². The number of nitrogens with zero attached hydrogens (tertiary/aromatic N) is 2. The van der Waals surface area contributed by atoms with E-state index in [0.29, 0.717) is 5.92 Å². The van der Waals surface area contributed by atoms with Crippen molar-refractivity contribution in [1.29, 1.82) is 0 Å². The third-order valence-electron chi connectivity index (χ3n) is 3.25. The maximum Gasteiger partial charge on any atom is 0.127 e. The second kappa shape index (κ2) is 5.02. The summed E-state index contributed by atoms with van der Waals surface area (Å²) < 4.78 is 1.96. The molecule has 0 unspecified atom stereocenters. The summed E-state index contributed by atoms with van der Waals surface area (Å²) in [6.45, 7) is 3.15. The van der Waals surface area contributed by atoms with Crippen LogP contribution in [0.15, 0.2) is 6.07 Å². The molecule has 2 nitrogen and oxygen atoms in total. The van der Waals surface area contributed by atoms with E-state index in [0.717, 1.165) is 18.1 Å². The molecule has 0 amide bonds. The van der Waals surface area contributed by atoms with Crippen LogP contribution in [0.5, 0.6) is 0 Å². The van der Waals surface area contributed by atoms with E-state index in [-0.39, 0.29) is 0 Å². The van der Waals surface area contributed by atoms with Crippen molar-refractivity contribution < 1.29 is 0 Å². The SMILES string of the molecule is CCCCn1nc(C2CCCC2)cc1Cl. The lowest BCUT2D eigenvalue weighted by atomic mass is 10.1. The third-order valence-corrected chi connectivity index (χ3v) is 3.55. The number of aryl methyl sites for hydroxylation is 1. The smallest absolute Gasteiger partial charge is 0.127 e. The van der Waals surface area contributed by atoms with Crippen molar-refractivity contribution in [1.82, 2.24) is 9.78 Å². The Morgan fingerprint density at radius 1 is 1.47 bits per heavy atom. The molecule has 0 saturated heterocycles. The molecule has 0 aromatic carbocycles. The predicted octanol–water partition coefficient (Wildman–Crippen LogP) is 3.99. The third kappa shape index (κ3) is 2.54. The molecule has 84 valence electrons. The second-order valence-electron chi connectivity index (χ2n) is 4.45. The second-order valence-corrected chi connectivity index (χ2v) is 4.84. The van der Waals surface area contributed by atoms with Gasteiger partial charge < -0.3 is 0 Å². The van der Waals surface area contributed by atoms with Crippen LogP contribution in [0.3, 0.4) is 0 Å². The number of hydrogen-bond acceptors (Lipinski definition) is 1. The number of unbranched alkanes of at least 4 members (excludes halogenated alkanes) is 1. The fraction of sp³-hybridized carbons (Fsp3) is 0.750. The molecule has 1 aliphatic carbocycles. The van der Waals surface area contributed by atoms with Gasteiger partial charge in [0.25, 0.3) is 0 Å². The average molecular weight is 227 g/mol. The molecule has 0 atom stereocenters. The summed E-state index contributed by atoms with van der Waals surface area (Å²) in [5.41, 5.74) is 1.22. The summed E-state index contributed by atoms with van der Waals surface area (Å²) in [7, 11) is 0. The molecule has 15 heavy (non-hydrogen) atoms. The largest absolute Gasteiger partial charge is 0.254 e. The van der Waals surface area contributed by atoms with E-state index in [1.54, 1.807) is 0 Å². The minimum Gasteiger partial charge on any atom is -0.254 e. The quantitative estimate of drug-likeness (QED) is 0.759. The first kappa shape index (κ1) is 11.0. The van der Waals surface area contributed by atoms with Crippen LogP contribution in [-0.4, -0.2) is 9.78 Å². The Morgan fingerprint density at radius 3 is 2.87 bits per heavy atom. The van der Waals surface area contributed by atoms with Gasteiger partial charge in [-0.2, -0.15) is 5.10 Å². The monoisotopic (exact) mass is 226 g/mol. The summed E-state index contributed by atoms with van der Waals surface area (Å²) >= 11 is 6.16. The van der Waals surface area contributed by atoms with Crippen LogP contribution < -0.4 is 0 Å². The van der Waals surface area contributed by atoms with Gasteiger partial charge in [-0.1, -0.05) is 37.8 Å². The Bertz CT molecular complexity index is 313. The highest BCUT2D eigenvalue weighted by molar-refractivity contribution is 6.29. The number of halogens is 1. The van der Waals surface area contributed by atoms with Gasteiger partial charge in [0.1, 0.15) is 5.15 Å². The van der Waals surface area contributed by atoms with Gasteiger partial charge in [0.05, 0.1) is 5.69 Å². The summed E-state index contributed by atoms with van der Waals surface area (Å²) in [6, 6.07) is 2.06. The highest BCUT2D eigenvalue weighted by Gasteiger charge is 2.20. The minimum atomic E-state index is 0.672. The van der Waals surface area contributed by atoms with E-state index in [2.05, 4.69) is 18.1 Å². The van der Waals surface area contributed by atoms with E-state index in [4.69, 9.17) is 11.6 Å². The summed E-state index contributed by atoms with van der Waals surface area (Å²) in [5, 5.41) is 5.42. The van der Waals surface area contributed by atoms with Crippen LogP contribution in [-0.2, 0) is 6.54 Å². The zero-order valence-electron chi connectivity index (χ0n) is 9.38. The molecule has 0 aliphatic heterocycles. The van der Waals surface area contributed by atoms with Crippen LogP contribution in [0.2, 0.25) is 5.15 Å². The molecule has 1 saturated carbocycles. The van der Waals surface area contributed by atoms with Gasteiger partial charge in [-0.15, -0.1) is 0 Å². The molecule has 1 aromatic heterocycles. The molecule has 3 heteroatoms. The van der Waals surface area contributed by atoms with Crippen molar-refractivity contribution in [3.8, 4) is 0 Å². The fourth-order valence-electron chi connectivity index (χ4n) is 2.30. The molecule has 1 aliphatic rings. The molecular weight excluding hydrogens is 208 g/mol. The Balaban J connectivity index is 2.06. The Kier molecular flexibility index (Phi) is 3.68. The number of aromatic nitrogens is 2. The zero-order valence-corrected chi connectivity index (χ0v) is 10.1. The van der Waals surface area contributed by atoms with Gasteiger partial charge in [0.2, 0.25) is 0 Å². The first-order valence-corrected chi connectivity index (χ1v) is 6.42. The summed E-state index contributed by atoms with van der Waals surface area (Å²) in [6.07, 6.45) is 7.64. The average Bonchev–Trinajstić information content (AvgIpc) is 2.83. The first-order chi connectivity index (χ1) is 7.31. The lowest BCUT2D eigenvalue weighted by Crippen LogP contribution is -2.02. The Labute approximate surface area is 96.6 Å². The molecule has 0 bridgehead atoms. The minimum absolute atomic E-state index is 0.672. The molecule has 0 radical (unpaired) electrons. The lowest BCUT2D eigenvalue weighted by Gasteiger charge is -2.04. The lowest BCUT2D eigenvalue weighted by molar-refractivity contribution is 0.555. The van der Waals surface area contributed by atoms with Crippen LogP contribution >= 0.6 is 11.6 Å². The van der Waals surface area contributed by atoms with Crippen molar-refractivity contribution in [3.63, 3.8) is 0 Å². The Hall–Kier alpha value is -0.500. The van der Waals surface area contributed by atoms with Crippen LogP contribution in [0.1, 0.15) is 57.1 Å². The maximum atomic E-state index is 6.16. The van der Waals surface area contributed by atoms with Gasteiger partial charge in [0.15, 0.2) is 0 Å². The molecule has 1 aromatic rings. The van der Waals surface area contributed by atoms with Crippen molar-refractivity contribution in [2.45, 2.75) is 57.9 Å². The molecule has 2 rings (SSSR count). The molecule has 0 spiro atoms. The normalized spacial score (nSPS) is 17.5. The molecule has 0 N–H and O–H groups in total. The van der Waals surface area contributed by atoms with E-state index < -0.39 is 0 Å². The van der Waals surface area contributed by atoms with Gasteiger partial charge in [-0.3, -0.25) is 4.68 Å². The topological polar surface area (TPSA) is 17.8 Å². The zero-order chi connectivity index (χ0) is 10.7. The van der Waals surface area contributed by atoms with Gasteiger partial charge in [0, 0.05) is 12.5 Å². The molecular formula is C12H19ClN2. The molecule has 1 heterocycles. The summed E-state index contributed by atoms with van der Waals surface area (Å²) in [4.78, 5) is 0. The highest BCUT2D eigenvalue weighted by atomic mass is 35.5. The summed E-state index contributed by atoms with van der Waals surface area (Å²) in [5.74, 6) is 0.672. The van der Waals surface area contributed by atoms with Gasteiger partial charge in [-0.05, 0) is 25.3 Å². The predicted molar refractivity (Wildman–Crippen MR) is 63.4 cm³/mol. The van der Waals surface area contributed by atoms with Crippen molar-refractivity contribution in [3.05, 3.63) is 16.9 Å². The highest BCUT2D eigenvalue weighted by Crippen LogP contribution is 2.34. The van der Waals surface area contributed by atoms with E-state index >= 15 is 0 Å². The fourth-order valence-corrected chi connectivity index (χ4v) is 2.53. The maximum absolute atomic E-state index is 6.16. The molecule has 1 fully saturated rings. The van der Waals surface area contributed by atoms with E-state index in [1.165, 1.54) is 37.8 Å². The number of hydrogen-bond donors (Lipinski definition) is 0. The van der Waals surface area contributed by atoms with Gasteiger partial charge >= 0.3 is 0 Å². The van der Waals surface area contributed by atoms with Crippen molar-refractivity contribution >= 4 is 11.6 Å². The van der Waals surface area contributed by atoms with Crippen molar-refractivity contribution in [2.75, 3.05) is 0 Å². The van der Waals surface area contributed by atoms with Crippen molar-refractivity contribution in [2.24, 2.45) is 0 Å². The number of rotatable bonds is 4. The Morgan fingerprint density at radius 2 is 2.20 bits per heavy atom. The van der Waals surface area contributed by atoms with Gasteiger partial charge in [-0.25, -0.2) is 0 Å². The van der Waals surface area contributed by atoms with Crippen LogP contribution in [0.25, 0.3) is 0 Å². The van der Waals surface area contributed by atoms with Crippen LogP contribution in [0, 0.1) is 0 Å².